The number of hydrogen-bond acceptors (Lipinski definition) is 3. The van der Waals surface area contributed by atoms with Gasteiger partial charge in [0, 0.05) is 24.9 Å². The van der Waals surface area contributed by atoms with E-state index in [4.69, 9.17) is 5.11 Å². The molecule has 5 heteroatoms. The van der Waals surface area contributed by atoms with Crippen LogP contribution in [0, 0.1) is 0 Å². The fourth-order valence-corrected chi connectivity index (χ4v) is 2.71. The van der Waals surface area contributed by atoms with Crippen LogP contribution in [0.3, 0.4) is 0 Å². The first-order valence-corrected chi connectivity index (χ1v) is 8.26. The summed E-state index contributed by atoms with van der Waals surface area (Å²) in [6.07, 6.45) is 3.06. The average molecular weight is 336 g/mol. The molecule has 1 aromatic carbocycles. The van der Waals surface area contributed by atoms with Crippen LogP contribution in [0.5, 0.6) is 0 Å². The van der Waals surface area contributed by atoms with Crippen molar-refractivity contribution in [2.24, 2.45) is 0 Å². The summed E-state index contributed by atoms with van der Waals surface area (Å²) in [4.78, 5) is 25.0. The largest absolute Gasteiger partial charge is 0.396 e. The van der Waals surface area contributed by atoms with Gasteiger partial charge < -0.3 is 10.4 Å². The molecular formula is C20H20N2O3. The lowest BCUT2D eigenvalue weighted by molar-refractivity contribution is 0.0949. The molecule has 3 rings (SSSR count). The van der Waals surface area contributed by atoms with Gasteiger partial charge in [-0.15, -0.1) is 0 Å². The Labute approximate surface area is 145 Å². The topological polar surface area (TPSA) is 70.8 Å². The third kappa shape index (κ3) is 3.95. The van der Waals surface area contributed by atoms with Gasteiger partial charge in [-0.3, -0.25) is 14.0 Å². The molecule has 0 unspecified atom stereocenters. The molecule has 0 radical (unpaired) electrons. The van der Waals surface area contributed by atoms with Crippen LogP contribution < -0.4 is 10.9 Å². The van der Waals surface area contributed by atoms with Gasteiger partial charge in [0.05, 0.1) is 0 Å². The number of carbonyl (C=O) groups is 1. The second kappa shape index (κ2) is 7.77. The highest BCUT2D eigenvalue weighted by Crippen LogP contribution is 2.08. The van der Waals surface area contributed by atoms with Crippen molar-refractivity contribution in [1.29, 1.82) is 0 Å². The molecule has 0 bridgehead atoms. The number of carbonyl (C=O) groups excluding carboxylic acids is 1. The summed E-state index contributed by atoms with van der Waals surface area (Å²) in [5, 5.41) is 11.7. The van der Waals surface area contributed by atoms with Crippen molar-refractivity contribution in [3.8, 4) is 0 Å². The average Bonchev–Trinajstić information content (AvgIpc) is 2.66. The molecule has 0 aliphatic carbocycles. The van der Waals surface area contributed by atoms with Gasteiger partial charge >= 0.3 is 0 Å². The van der Waals surface area contributed by atoms with Crippen molar-refractivity contribution in [3.63, 3.8) is 0 Å². The van der Waals surface area contributed by atoms with E-state index in [1.165, 1.54) is 4.40 Å². The number of hydrogen-bond donors (Lipinski definition) is 2. The van der Waals surface area contributed by atoms with Gasteiger partial charge in [-0.1, -0.05) is 36.4 Å². The van der Waals surface area contributed by atoms with Crippen molar-refractivity contribution >= 4 is 11.4 Å². The van der Waals surface area contributed by atoms with Crippen molar-refractivity contribution in [1.82, 2.24) is 9.72 Å². The maximum Gasteiger partial charge on any atom is 0.267 e. The quantitative estimate of drug-likeness (QED) is 0.725. The first kappa shape index (κ1) is 16.9. The van der Waals surface area contributed by atoms with Gasteiger partial charge in [0.1, 0.15) is 5.56 Å². The second-order valence-electron chi connectivity index (χ2n) is 5.88. The van der Waals surface area contributed by atoms with Crippen molar-refractivity contribution in [3.05, 3.63) is 87.8 Å². The number of rotatable bonds is 6. The summed E-state index contributed by atoms with van der Waals surface area (Å²) in [5.74, 6) is -0.385. The highest BCUT2D eigenvalue weighted by Gasteiger charge is 2.12. The fourth-order valence-electron chi connectivity index (χ4n) is 2.71. The summed E-state index contributed by atoms with van der Waals surface area (Å²) >= 11 is 0. The fraction of sp³-hybridized carbons (Fsp3) is 0.200. The molecule has 0 saturated carbocycles. The zero-order valence-electron chi connectivity index (χ0n) is 13.8. The molecule has 0 fully saturated rings. The molecule has 0 aliphatic heterocycles. The van der Waals surface area contributed by atoms with E-state index in [-0.39, 0.29) is 23.6 Å². The number of nitrogens with zero attached hydrogens (tertiary/aromatic N) is 1. The minimum Gasteiger partial charge on any atom is -0.396 e. The van der Waals surface area contributed by atoms with E-state index in [1.54, 1.807) is 18.3 Å². The monoisotopic (exact) mass is 336 g/mol. The third-order valence-corrected chi connectivity index (χ3v) is 4.08. The predicted octanol–water partition coefficient (Wildman–Crippen LogP) is 2.15. The minimum atomic E-state index is -0.385. The highest BCUT2D eigenvalue weighted by atomic mass is 16.3. The lowest BCUT2D eigenvalue weighted by Gasteiger charge is -2.08. The first-order valence-electron chi connectivity index (χ1n) is 8.26. The molecule has 5 nitrogen and oxygen atoms in total. The van der Waals surface area contributed by atoms with Gasteiger partial charge in [0.2, 0.25) is 0 Å². The molecule has 0 spiro atoms. The SMILES string of the molecule is O=C(NCc1ccccc1)c1ccc2ccc(CCCO)cn2c1=O. The molecule has 2 N–H and O–H groups in total. The number of benzene rings is 1. The Balaban J connectivity index is 1.84. The van der Waals surface area contributed by atoms with E-state index in [2.05, 4.69) is 5.32 Å². The number of nitrogens with one attached hydrogen (secondary N) is 1. The number of aliphatic hydroxyl groups excluding tert-OH is 1. The normalized spacial score (nSPS) is 10.8. The van der Waals surface area contributed by atoms with Gasteiger partial charge in [-0.2, -0.15) is 0 Å². The minimum absolute atomic E-state index is 0.106. The second-order valence-corrected chi connectivity index (χ2v) is 5.88. The molecule has 0 aliphatic rings. The first-order chi connectivity index (χ1) is 12.2. The van der Waals surface area contributed by atoms with Crippen molar-refractivity contribution in [2.45, 2.75) is 19.4 Å². The Morgan fingerprint density at radius 2 is 1.76 bits per heavy atom. The van der Waals surface area contributed by atoms with Crippen LogP contribution in [-0.2, 0) is 13.0 Å². The maximum absolute atomic E-state index is 12.7. The van der Waals surface area contributed by atoms with Crippen molar-refractivity contribution < 1.29 is 9.90 Å². The van der Waals surface area contributed by atoms with Crippen LogP contribution in [0.25, 0.3) is 5.52 Å². The van der Waals surface area contributed by atoms with E-state index in [0.717, 1.165) is 16.6 Å². The van der Waals surface area contributed by atoms with E-state index >= 15 is 0 Å². The lowest BCUT2D eigenvalue weighted by Crippen LogP contribution is -2.30. The van der Waals surface area contributed by atoms with Gasteiger partial charge in [-0.05, 0) is 42.2 Å². The third-order valence-electron chi connectivity index (χ3n) is 4.08. The molecule has 0 saturated heterocycles. The lowest BCUT2D eigenvalue weighted by atomic mass is 10.1. The van der Waals surface area contributed by atoms with Crippen LogP contribution in [-0.4, -0.2) is 22.0 Å². The predicted molar refractivity (Wildman–Crippen MR) is 96.7 cm³/mol. The van der Waals surface area contributed by atoms with Crippen molar-refractivity contribution in [2.75, 3.05) is 6.61 Å². The van der Waals surface area contributed by atoms with Crippen LogP contribution in [0.2, 0.25) is 0 Å². The van der Waals surface area contributed by atoms with Crippen LogP contribution >= 0.6 is 0 Å². The zero-order chi connectivity index (χ0) is 17.6. The summed E-state index contributed by atoms with van der Waals surface area (Å²) in [6, 6.07) is 16.7. The molecule has 2 aromatic heterocycles. The van der Waals surface area contributed by atoms with Crippen LogP contribution in [0.1, 0.15) is 27.9 Å². The molecule has 128 valence electrons. The summed E-state index contributed by atoms with van der Waals surface area (Å²) in [5.41, 5.74) is 2.44. The number of pyridine rings is 2. The molecule has 0 atom stereocenters. The number of aryl methyl sites for hydroxylation is 1. The summed E-state index contributed by atoms with van der Waals surface area (Å²) in [6.45, 7) is 0.479. The van der Waals surface area contributed by atoms with E-state index in [1.807, 2.05) is 42.5 Å². The smallest absolute Gasteiger partial charge is 0.267 e. The molecule has 2 heterocycles. The van der Waals surface area contributed by atoms with Gasteiger partial charge in [0.15, 0.2) is 0 Å². The maximum atomic E-state index is 12.7. The number of aromatic nitrogens is 1. The van der Waals surface area contributed by atoms with Crippen LogP contribution in [0.15, 0.2) is 65.6 Å². The highest BCUT2D eigenvalue weighted by molar-refractivity contribution is 5.94. The summed E-state index contributed by atoms with van der Waals surface area (Å²) < 4.78 is 1.49. The van der Waals surface area contributed by atoms with Crippen LogP contribution in [0.4, 0.5) is 0 Å². The Morgan fingerprint density at radius 3 is 2.52 bits per heavy atom. The Hall–Kier alpha value is -2.92. The van der Waals surface area contributed by atoms with Gasteiger partial charge in [0.25, 0.3) is 11.5 Å². The molecular weight excluding hydrogens is 316 g/mol. The number of amides is 1. The molecule has 1 amide bonds. The van der Waals surface area contributed by atoms with E-state index < -0.39 is 0 Å². The molecule has 25 heavy (non-hydrogen) atoms. The van der Waals surface area contributed by atoms with E-state index in [0.29, 0.717) is 19.4 Å². The zero-order valence-corrected chi connectivity index (χ0v) is 13.8. The Bertz CT molecular complexity index is 933. The Morgan fingerprint density at radius 1 is 1.00 bits per heavy atom. The van der Waals surface area contributed by atoms with E-state index in [9.17, 15) is 9.59 Å². The number of fused-ring (bicyclic) bond motifs is 1. The Kier molecular flexibility index (Phi) is 5.26. The standard InChI is InChI=1S/C20H20N2O3/c23-12-4-7-16-8-9-17-10-11-18(20(25)22(17)14-16)19(24)21-13-15-5-2-1-3-6-15/h1-3,5-6,8-11,14,23H,4,7,12-13H2,(H,21,24). The van der Waals surface area contributed by atoms with Gasteiger partial charge in [-0.25, -0.2) is 0 Å². The number of aliphatic hydroxyl groups is 1. The molecule has 3 aromatic rings. The summed E-state index contributed by atoms with van der Waals surface area (Å²) in [7, 11) is 0.